The van der Waals surface area contributed by atoms with Crippen molar-refractivity contribution in [2.75, 3.05) is 20.0 Å². The van der Waals surface area contributed by atoms with Gasteiger partial charge < -0.3 is 28.5 Å². The predicted octanol–water partition coefficient (Wildman–Crippen LogP) is 4.04. The number of carbonyl (C=O) groups is 3. The van der Waals surface area contributed by atoms with Crippen molar-refractivity contribution >= 4 is 17.7 Å². The molecule has 0 saturated carbocycles. The van der Waals surface area contributed by atoms with E-state index in [4.69, 9.17) is 18.9 Å². The van der Waals surface area contributed by atoms with Crippen molar-refractivity contribution in [2.24, 2.45) is 0 Å². The SMILES string of the molecule is CCOC(=O)c1c(C)[nH]c(C(=O)OCC(=O)c2cc(C)n(Cc3ccc4c(c3)OCO4)c2C)c1C. The summed E-state index contributed by atoms with van der Waals surface area (Å²) in [6, 6.07) is 7.55. The third-order valence-corrected chi connectivity index (χ3v) is 6.11. The quantitative estimate of drug-likeness (QED) is 0.383. The number of aryl methyl sites for hydroxylation is 2. The van der Waals surface area contributed by atoms with Crippen LogP contribution >= 0.6 is 0 Å². The van der Waals surface area contributed by atoms with Gasteiger partial charge in [-0.2, -0.15) is 0 Å². The van der Waals surface area contributed by atoms with Gasteiger partial charge in [-0.15, -0.1) is 0 Å². The maximum absolute atomic E-state index is 12.9. The summed E-state index contributed by atoms with van der Waals surface area (Å²) in [5.74, 6) is -0.106. The number of nitrogens with one attached hydrogen (secondary N) is 1. The lowest BCUT2D eigenvalue weighted by Crippen LogP contribution is -2.16. The second kappa shape index (κ2) is 9.69. The number of esters is 2. The number of Topliss-reactive ketones (excluding diaryl/α,β-unsaturated/α-hetero) is 1. The average Bonchev–Trinajstić information content (AvgIpc) is 3.49. The van der Waals surface area contributed by atoms with E-state index in [1.54, 1.807) is 26.8 Å². The Bertz CT molecular complexity index is 1320. The van der Waals surface area contributed by atoms with Gasteiger partial charge in [-0.3, -0.25) is 4.79 Å². The number of aromatic amines is 1. The summed E-state index contributed by atoms with van der Waals surface area (Å²) in [5, 5.41) is 0. The molecule has 0 aliphatic carbocycles. The largest absolute Gasteiger partial charge is 0.462 e. The van der Waals surface area contributed by atoms with Crippen molar-refractivity contribution in [3.63, 3.8) is 0 Å². The van der Waals surface area contributed by atoms with E-state index in [1.807, 2.05) is 36.6 Å². The Morgan fingerprint density at radius 3 is 2.49 bits per heavy atom. The first-order valence-corrected chi connectivity index (χ1v) is 11.3. The maximum Gasteiger partial charge on any atom is 0.355 e. The van der Waals surface area contributed by atoms with E-state index in [1.165, 1.54) is 0 Å². The maximum atomic E-state index is 12.9. The molecule has 1 N–H and O–H groups in total. The van der Waals surface area contributed by atoms with Gasteiger partial charge in [-0.25, -0.2) is 9.59 Å². The number of fused-ring (bicyclic) bond motifs is 1. The average molecular weight is 481 g/mol. The highest BCUT2D eigenvalue weighted by atomic mass is 16.7. The number of hydrogen-bond donors (Lipinski definition) is 1. The van der Waals surface area contributed by atoms with E-state index in [0.29, 0.717) is 40.4 Å². The minimum atomic E-state index is -0.705. The van der Waals surface area contributed by atoms with Gasteiger partial charge in [0.1, 0.15) is 5.69 Å². The Labute approximate surface area is 202 Å². The Morgan fingerprint density at radius 2 is 1.74 bits per heavy atom. The van der Waals surface area contributed by atoms with Gasteiger partial charge in [0.25, 0.3) is 0 Å². The van der Waals surface area contributed by atoms with E-state index >= 15 is 0 Å². The molecule has 3 heterocycles. The number of benzene rings is 1. The van der Waals surface area contributed by atoms with Crippen molar-refractivity contribution in [3.05, 3.63) is 69.3 Å². The van der Waals surface area contributed by atoms with Crippen LogP contribution in [0.2, 0.25) is 0 Å². The third kappa shape index (κ3) is 4.66. The summed E-state index contributed by atoms with van der Waals surface area (Å²) in [4.78, 5) is 40.6. The zero-order valence-electron chi connectivity index (χ0n) is 20.4. The lowest BCUT2D eigenvalue weighted by Gasteiger charge is -2.11. The highest BCUT2D eigenvalue weighted by Crippen LogP contribution is 2.33. The van der Waals surface area contributed by atoms with Crippen LogP contribution in [-0.4, -0.2) is 47.3 Å². The number of nitrogens with zero attached hydrogens (tertiary/aromatic N) is 1. The molecule has 0 saturated heterocycles. The van der Waals surface area contributed by atoms with Crippen LogP contribution in [-0.2, 0) is 16.0 Å². The molecule has 9 nitrogen and oxygen atoms in total. The van der Waals surface area contributed by atoms with E-state index in [-0.39, 0.29) is 24.9 Å². The highest BCUT2D eigenvalue weighted by molar-refractivity contribution is 6.02. The molecule has 184 valence electrons. The Hall–Kier alpha value is -4.01. The number of aromatic nitrogens is 2. The molecular weight excluding hydrogens is 452 g/mol. The van der Waals surface area contributed by atoms with Crippen LogP contribution < -0.4 is 9.47 Å². The number of H-pyrrole nitrogens is 1. The number of ether oxygens (including phenoxy) is 4. The third-order valence-electron chi connectivity index (χ3n) is 6.11. The highest BCUT2D eigenvalue weighted by Gasteiger charge is 2.25. The first-order chi connectivity index (χ1) is 16.7. The van der Waals surface area contributed by atoms with E-state index in [0.717, 1.165) is 17.0 Å². The van der Waals surface area contributed by atoms with Gasteiger partial charge in [0.15, 0.2) is 18.1 Å². The summed E-state index contributed by atoms with van der Waals surface area (Å²) in [6.45, 7) is 9.38. The van der Waals surface area contributed by atoms with Gasteiger partial charge in [0, 0.05) is 29.2 Å². The van der Waals surface area contributed by atoms with Crippen LogP contribution in [0.4, 0.5) is 0 Å². The fourth-order valence-corrected chi connectivity index (χ4v) is 4.29. The van der Waals surface area contributed by atoms with Crippen molar-refractivity contribution in [2.45, 2.75) is 41.2 Å². The molecule has 0 spiro atoms. The van der Waals surface area contributed by atoms with Crippen LogP contribution in [0.25, 0.3) is 0 Å². The first-order valence-electron chi connectivity index (χ1n) is 11.3. The van der Waals surface area contributed by atoms with Crippen molar-refractivity contribution < 1.29 is 33.3 Å². The summed E-state index contributed by atoms with van der Waals surface area (Å²) < 4.78 is 23.2. The Morgan fingerprint density at radius 1 is 1.00 bits per heavy atom. The standard InChI is InChI=1S/C26H28N2O7/c1-6-32-25(30)23-15(3)24(27-16(23)4)26(31)33-12-20(29)19-9-14(2)28(17(19)5)11-18-7-8-21-22(10-18)35-13-34-21/h7-10,27H,6,11-13H2,1-5H3. The predicted molar refractivity (Wildman–Crippen MR) is 126 cm³/mol. The van der Waals surface area contributed by atoms with E-state index in [2.05, 4.69) is 4.98 Å². The van der Waals surface area contributed by atoms with Crippen molar-refractivity contribution in [1.29, 1.82) is 0 Å². The molecule has 0 atom stereocenters. The lowest BCUT2D eigenvalue weighted by molar-refractivity contribution is 0.0468. The van der Waals surface area contributed by atoms with Crippen molar-refractivity contribution in [3.8, 4) is 11.5 Å². The topological polar surface area (TPSA) is 109 Å². The van der Waals surface area contributed by atoms with Gasteiger partial charge in [0.05, 0.1) is 12.2 Å². The smallest absolute Gasteiger partial charge is 0.355 e. The molecule has 1 aliphatic rings. The summed E-state index contributed by atoms with van der Waals surface area (Å²) in [5.41, 5.74) is 4.55. The molecule has 0 amide bonds. The minimum Gasteiger partial charge on any atom is -0.462 e. The molecule has 1 aliphatic heterocycles. The summed E-state index contributed by atoms with van der Waals surface area (Å²) >= 11 is 0. The molecule has 3 aromatic rings. The fraction of sp³-hybridized carbons (Fsp3) is 0.346. The van der Waals surface area contributed by atoms with E-state index < -0.39 is 18.5 Å². The van der Waals surface area contributed by atoms with Crippen LogP contribution in [0.5, 0.6) is 11.5 Å². The first kappa shape index (κ1) is 24.1. The van der Waals surface area contributed by atoms with Crippen LogP contribution in [0, 0.1) is 27.7 Å². The fourth-order valence-electron chi connectivity index (χ4n) is 4.29. The van der Waals surface area contributed by atoms with Gasteiger partial charge in [-0.05, 0) is 63.9 Å². The normalized spacial score (nSPS) is 12.0. The second-order valence-corrected chi connectivity index (χ2v) is 8.40. The van der Waals surface area contributed by atoms with Crippen LogP contribution in [0.15, 0.2) is 24.3 Å². The monoisotopic (exact) mass is 480 g/mol. The zero-order valence-corrected chi connectivity index (χ0v) is 20.4. The van der Waals surface area contributed by atoms with Gasteiger partial charge in [-0.1, -0.05) is 6.07 Å². The van der Waals surface area contributed by atoms with Gasteiger partial charge >= 0.3 is 11.9 Å². The summed E-state index contributed by atoms with van der Waals surface area (Å²) in [6.07, 6.45) is 0. The molecule has 0 fully saturated rings. The molecule has 9 heteroatoms. The molecule has 35 heavy (non-hydrogen) atoms. The van der Waals surface area contributed by atoms with Crippen LogP contribution in [0.1, 0.15) is 66.3 Å². The molecule has 4 rings (SSSR count). The number of carbonyl (C=O) groups excluding carboxylic acids is 3. The molecule has 0 bridgehead atoms. The van der Waals surface area contributed by atoms with E-state index in [9.17, 15) is 14.4 Å². The van der Waals surface area contributed by atoms with Crippen molar-refractivity contribution in [1.82, 2.24) is 9.55 Å². The summed E-state index contributed by atoms with van der Waals surface area (Å²) in [7, 11) is 0. The number of hydrogen-bond acceptors (Lipinski definition) is 7. The molecule has 2 aromatic heterocycles. The Balaban J connectivity index is 1.45. The molecule has 0 radical (unpaired) electrons. The minimum absolute atomic E-state index is 0.131. The molecule has 1 aromatic carbocycles. The Kier molecular flexibility index (Phi) is 6.68. The van der Waals surface area contributed by atoms with Gasteiger partial charge in [0.2, 0.25) is 12.6 Å². The zero-order chi connectivity index (χ0) is 25.3. The molecular formula is C26H28N2O7. The second-order valence-electron chi connectivity index (χ2n) is 8.40. The number of ketones is 1. The van der Waals surface area contributed by atoms with Crippen LogP contribution in [0.3, 0.4) is 0 Å². The number of rotatable bonds is 8. The molecule has 0 unspecified atom stereocenters. The lowest BCUT2D eigenvalue weighted by atomic mass is 10.1.